The molecule has 0 spiro atoms. The first kappa shape index (κ1) is 11.4. The third-order valence-electron chi connectivity index (χ3n) is 3.90. The van der Waals surface area contributed by atoms with Gasteiger partial charge in [-0.15, -0.1) is 15.3 Å². The van der Waals surface area contributed by atoms with E-state index in [0.29, 0.717) is 5.88 Å². The highest BCUT2D eigenvalue weighted by molar-refractivity contribution is 5.81. The molecule has 0 fully saturated rings. The molecule has 1 aliphatic rings. The van der Waals surface area contributed by atoms with Crippen molar-refractivity contribution in [3.63, 3.8) is 0 Å². The van der Waals surface area contributed by atoms with E-state index in [1.807, 2.05) is 13.0 Å². The summed E-state index contributed by atoms with van der Waals surface area (Å²) in [5.74, 6) is 1.42. The number of benzene rings is 1. The van der Waals surface area contributed by atoms with Crippen molar-refractivity contribution in [2.75, 3.05) is 7.11 Å². The summed E-state index contributed by atoms with van der Waals surface area (Å²) in [6.45, 7) is 1.90. The van der Waals surface area contributed by atoms with Crippen LogP contribution in [0.2, 0.25) is 0 Å². The minimum Gasteiger partial charge on any atom is -0.480 e. The number of hydrogen-bond acceptors (Lipinski definition) is 4. The van der Waals surface area contributed by atoms with E-state index in [2.05, 4.69) is 33.5 Å². The van der Waals surface area contributed by atoms with Crippen LogP contribution in [0.1, 0.15) is 17.0 Å². The molecule has 0 bridgehead atoms. The molecule has 0 N–H and O–H groups in total. The maximum absolute atomic E-state index is 5.51. The first-order valence-corrected chi connectivity index (χ1v) is 6.66. The molecular weight excluding hydrogens is 252 g/mol. The minimum atomic E-state index is 0.641. The normalized spacial score (nSPS) is 13.1. The van der Waals surface area contributed by atoms with Crippen molar-refractivity contribution >= 4 is 5.65 Å². The highest BCUT2D eigenvalue weighted by Crippen LogP contribution is 2.39. The molecule has 4 rings (SSSR count). The van der Waals surface area contributed by atoms with Crippen LogP contribution in [-0.4, -0.2) is 26.9 Å². The second-order valence-corrected chi connectivity index (χ2v) is 5.00. The molecule has 2 aromatic heterocycles. The van der Waals surface area contributed by atoms with Gasteiger partial charge in [0.05, 0.1) is 12.7 Å². The third kappa shape index (κ3) is 1.40. The predicted molar refractivity (Wildman–Crippen MR) is 74.9 cm³/mol. The van der Waals surface area contributed by atoms with E-state index in [1.165, 1.54) is 16.7 Å². The summed E-state index contributed by atoms with van der Waals surface area (Å²) < 4.78 is 7.28. The third-order valence-corrected chi connectivity index (χ3v) is 3.90. The molecule has 1 aliphatic carbocycles. The molecule has 0 unspecified atom stereocenters. The fourth-order valence-electron chi connectivity index (χ4n) is 2.95. The number of rotatable bonds is 1. The number of fused-ring (bicyclic) bond motifs is 5. The molecule has 1 aromatic carbocycles. The standard InChI is InChI=1S/C15H14N4O/c1-9-16-17-14-12-8-7-10-5-3-4-6-11(10)13(12)15(20-2)18-19(9)14/h3-6H,7-8H2,1-2H3. The fourth-order valence-corrected chi connectivity index (χ4v) is 2.95. The topological polar surface area (TPSA) is 52.3 Å². The van der Waals surface area contributed by atoms with E-state index in [0.717, 1.165) is 29.9 Å². The molecule has 0 aliphatic heterocycles. The van der Waals surface area contributed by atoms with Gasteiger partial charge in [0.15, 0.2) is 11.5 Å². The quantitative estimate of drug-likeness (QED) is 0.677. The van der Waals surface area contributed by atoms with Gasteiger partial charge in [0.2, 0.25) is 5.88 Å². The molecule has 5 nitrogen and oxygen atoms in total. The van der Waals surface area contributed by atoms with Crippen molar-refractivity contribution in [2.45, 2.75) is 19.8 Å². The monoisotopic (exact) mass is 266 g/mol. The van der Waals surface area contributed by atoms with Gasteiger partial charge in [-0.05, 0) is 30.9 Å². The highest BCUT2D eigenvalue weighted by Gasteiger charge is 2.25. The number of aromatic nitrogens is 4. The van der Waals surface area contributed by atoms with Gasteiger partial charge in [0.1, 0.15) is 0 Å². The second-order valence-electron chi connectivity index (χ2n) is 5.00. The summed E-state index contributed by atoms with van der Waals surface area (Å²) in [7, 11) is 1.66. The van der Waals surface area contributed by atoms with Gasteiger partial charge < -0.3 is 4.74 Å². The fraction of sp³-hybridized carbons (Fsp3) is 0.267. The lowest BCUT2D eigenvalue weighted by molar-refractivity contribution is 0.390. The van der Waals surface area contributed by atoms with Crippen LogP contribution in [0.4, 0.5) is 0 Å². The van der Waals surface area contributed by atoms with E-state index in [9.17, 15) is 0 Å². The Morgan fingerprint density at radius 3 is 2.85 bits per heavy atom. The maximum Gasteiger partial charge on any atom is 0.239 e. The molecule has 20 heavy (non-hydrogen) atoms. The minimum absolute atomic E-state index is 0.641. The molecule has 0 saturated carbocycles. The molecule has 0 atom stereocenters. The molecular formula is C15H14N4O. The molecule has 0 amide bonds. The Morgan fingerprint density at radius 1 is 1.15 bits per heavy atom. The van der Waals surface area contributed by atoms with Gasteiger partial charge >= 0.3 is 0 Å². The molecule has 2 heterocycles. The summed E-state index contributed by atoms with van der Waals surface area (Å²) in [6.07, 6.45) is 1.95. The Bertz CT molecular complexity index is 822. The van der Waals surface area contributed by atoms with Gasteiger partial charge in [0, 0.05) is 5.56 Å². The number of nitrogens with zero attached hydrogens (tertiary/aromatic N) is 4. The summed E-state index contributed by atoms with van der Waals surface area (Å²) in [6, 6.07) is 8.41. The van der Waals surface area contributed by atoms with Crippen molar-refractivity contribution in [2.24, 2.45) is 0 Å². The van der Waals surface area contributed by atoms with E-state index in [1.54, 1.807) is 11.6 Å². The van der Waals surface area contributed by atoms with Crippen molar-refractivity contribution in [1.29, 1.82) is 0 Å². The average molecular weight is 266 g/mol. The van der Waals surface area contributed by atoms with Gasteiger partial charge in [0.25, 0.3) is 0 Å². The summed E-state index contributed by atoms with van der Waals surface area (Å²) >= 11 is 0. The van der Waals surface area contributed by atoms with Crippen LogP contribution in [-0.2, 0) is 12.8 Å². The zero-order valence-electron chi connectivity index (χ0n) is 11.4. The number of ether oxygens (including phenoxy) is 1. The predicted octanol–water partition coefficient (Wildman–Crippen LogP) is 2.21. The van der Waals surface area contributed by atoms with E-state index >= 15 is 0 Å². The smallest absolute Gasteiger partial charge is 0.239 e. The van der Waals surface area contributed by atoms with E-state index in [4.69, 9.17) is 4.74 Å². The largest absolute Gasteiger partial charge is 0.480 e. The molecule has 5 heteroatoms. The lowest BCUT2D eigenvalue weighted by Gasteiger charge is -2.21. The molecule has 0 radical (unpaired) electrons. The summed E-state index contributed by atoms with van der Waals surface area (Å²) in [5.41, 5.74) is 5.61. The van der Waals surface area contributed by atoms with Gasteiger partial charge in [-0.25, -0.2) is 0 Å². The second kappa shape index (κ2) is 4.03. The maximum atomic E-state index is 5.51. The summed E-state index contributed by atoms with van der Waals surface area (Å²) in [4.78, 5) is 0. The van der Waals surface area contributed by atoms with Crippen LogP contribution >= 0.6 is 0 Å². The number of aryl methyl sites for hydroxylation is 3. The Morgan fingerprint density at radius 2 is 2.00 bits per heavy atom. The first-order chi connectivity index (χ1) is 9.79. The van der Waals surface area contributed by atoms with Gasteiger partial charge in [-0.2, -0.15) is 4.52 Å². The van der Waals surface area contributed by atoms with Crippen molar-refractivity contribution in [3.05, 3.63) is 41.2 Å². The van der Waals surface area contributed by atoms with Gasteiger partial charge in [-0.3, -0.25) is 0 Å². The number of methoxy groups -OCH3 is 1. The van der Waals surface area contributed by atoms with Crippen LogP contribution in [0.25, 0.3) is 16.8 Å². The lowest BCUT2D eigenvalue weighted by atomic mass is 9.87. The Kier molecular flexibility index (Phi) is 2.30. The first-order valence-electron chi connectivity index (χ1n) is 6.66. The Balaban J connectivity index is 2.14. The number of hydrogen-bond donors (Lipinski definition) is 0. The van der Waals surface area contributed by atoms with Crippen LogP contribution < -0.4 is 4.74 Å². The summed E-state index contributed by atoms with van der Waals surface area (Å²) in [5, 5.41) is 12.9. The van der Waals surface area contributed by atoms with Gasteiger partial charge in [-0.1, -0.05) is 24.3 Å². The average Bonchev–Trinajstić information content (AvgIpc) is 2.87. The van der Waals surface area contributed by atoms with E-state index in [-0.39, 0.29) is 0 Å². The molecule has 100 valence electrons. The van der Waals surface area contributed by atoms with Crippen LogP contribution in [0.3, 0.4) is 0 Å². The van der Waals surface area contributed by atoms with Crippen molar-refractivity contribution in [1.82, 2.24) is 19.8 Å². The van der Waals surface area contributed by atoms with Crippen LogP contribution in [0.5, 0.6) is 5.88 Å². The van der Waals surface area contributed by atoms with Crippen LogP contribution in [0.15, 0.2) is 24.3 Å². The molecule has 0 saturated heterocycles. The van der Waals surface area contributed by atoms with Crippen molar-refractivity contribution < 1.29 is 4.74 Å². The zero-order valence-corrected chi connectivity index (χ0v) is 11.4. The lowest BCUT2D eigenvalue weighted by Crippen LogP contribution is -2.11. The highest BCUT2D eigenvalue weighted by atomic mass is 16.5. The zero-order chi connectivity index (χ0) is 13.7. The Hall–Kier alpha value is -2.43. The SMILES string of the molecule is COc1nn2c(C)nnc2c2c1-c1ccccc1CC2. The van der Waals surface area contributed by atoms with E-state index < -0.39 is 0 Å². The molecule has 3 aromatic rings. The Labute approximate surface area is 116 Å². The van der Waals surface area contributed by atoms with Crippen molar-refractivity contribution in [3.8, 4) is 17.0 Å². The van der Waals surface area contributed by atoms with Crippen LogP contribution in [0, 0.1) is 6.92 Å².